The van der Waals surface area contributed by atoms with Crippen molar-refractivity contribution >= 4 is 24.1 Å². The molecule has 0 bridgehead atoms. The zero-order valence-electron chi connectivity index (χ0n) is 7.47. The highest BCUT2D eigenvalue weighted by molar-refractivity contribution is 7.98. The molecular formula is C8H13NO3S. The van der Waals surface area contributed by atoms with Crippen molar-refractivity contribution in [3.05, 3.63) is 0 Å². The van der Waals surface area contributed by atoms with Crippen LogP contribution in [0.3, 0.4) is 0 Å². The highest BCUT2D eigenvalue weighted by atomic mass is 32.2. The molecule has 13 heavy (non-hydrogen) atoms. The van der Waals surface area contributed by atoms with Crippen LogP contribution in [0.25, 0.3) is 0 Å². The zero-order chi connectivity index (χ0) is 9.84. The molecule has 1 aliphatic rings. The van der Waals surface area contributed by atoms with E-state index in [0.29, 0.717) is 12.3 Å². The first-order chi connectivity index (χ1) is 6.20. The third kappa shape index (κ3) is 2.62. The van der Waals surface area contributed by atoms with E-state index >= 15 is 0 Å². The first-order valence-corrected chi connectivity index (χ1v) is 5.53. The number of carbonyl (C=O) groups excluding carboxylic acids is 1. The van der Waals surface area contributed by atoms with Gasteiger partial charge in [0.1, 0.15) is 6.04 Å². The molecule has 0 spiro atoms. The molecule has 0 aliphatic heterocycles. The minimum atomic E-state index is -0.886. The number of nitrogens with zero attached hydrogens (tertiary/aromatic N) is 1. The van der Waals surface area contributed by atoms with Gasteiger partial charge in [-0.3, -0.25) is 4.79 Å². The number of thioether (sulfide) groups is 1. The van der Waals surface area contributed by atoms with Crippen molar-refractivity contribution < 1.29 is 14.7 Å². The van der Waals surface area contributed by atoms with E-state index in [1.165, 1.54) is 16.7 Å². The summed E-state index contributed by atoms with van der Waals surface area (Å²) in [6.45, 7) is 0. The van der Waals surface area contributed by atoms with Crippen LogP contribution in [-0.4, -0.2) is 40.6 Å². The van der Waals surface area contributed by atoms with Crippen molar-refractivity contribution in [1.82, 2.24) is 4.90 Å². The minimum absolute atomic E-state index is 0.176. The van der Waals surface area contributed by atoms with Crippen molar-refractivity contribution in [2.24, 2.45) is 5.92 Å². The molecule has 1 fully saturated rings. The monoisotopic (exact) mass is 203 g/mol. The summed E-state index contributed by atoms with van der Waals surface area (Å²) in [5, 5.41) is 8.90. The molecular weight excluding hydrogens is 190 g/mol. The lowest BCUT2D eigenvalue weighted by Crippen LogP contribution is -2.41. The Labute approximate surface area is 81.3 Å². The topological polar surface area (TPSA) is 57.6 Å². The molecule has 1 amide bonds. The standard InChI is InChI=1S/C8H13NO3S/c1-13-5-9(4-10)7(8(11)12)6-2-3-6/h4,6-7H,2-3,5H2,1H3,(H,11,12). The zero-order valence-corrected chi connectivity index (χ0v) is 8.29. The van der Waals surface area contributed by atoms with E-state index in [1.807, 2.05) is 6.26 Å². The Morgan fingerprint density at radius 3 is 2.69 bits per heavy atom. The molecule has 0 aromatic carbocycles. The molecule has 1 aliphatic carbocycles. The fourth-order valence-electron chi connectivity index (χ4n) is 1.35. The van der Waals surface area contributed by atoms with Crippen LogP contribution in [0.2, 0.25) is 0 Å². The molecule has 1 N–H and O–H groups in total. The van der Waals surface area contributed by atoms with Gasteiger partial charge in [-0.25, -0.2) is 4.79 Å². The summed E-state index contributed by atoms with van der Waals surface area (Å²) in [4.78, 5) is 22.8. The summed E-state index contributed by atoms with van der Waals surface area (Å²) < 4.78 is 0. The molecule has 0 saturated heterocycles. The first kappa shape index (κ1) is 10.4. The molecule has 4 nitrogen and oxygen atoms in total. The average Bonchev–Trinajstić information content (AvgIpc) is 2.86. The Bertz CT molecular complexity index is 206. The predicted octanol–water partition coefficient (Wildman–Crippen LogP) is 0.628. The van der Waals surface area contributed by atoms with E-state index in [9.17, 15) is 9.59 Å². The average molecular weight is 203 g/mol. The number of carboxylic acid groups (broad SMARTS) is 1. The van der Waals surface area contributed by atoms with Gasteiger partial charge < -0.3 is 10.0 Å². The second-order valence-electron chi connectivity index (χ2n) is 3.16. The maximum atomic E-state index is 10.8. The molecule has 0 radical (unpaired) electrons. The molecule has 0 aromatic heterocycles. The van der Waals surface area contributed by atoms with Crippen LogP contribution in [0.15, 0.2) is 0 Å². The number of rotatable bonds is 6. The molecule has 0 aromatic rings. The maximum absolute atomic E-state index is 10.8. The summed E-state index contributed by atoms with van der Waals surface area (Å²) in [6, 6.07) is -0.607. The maximum Gasteiger partial charge on any atom is 0.326 e. The summed E-state index contributed by atoms with van der Waals surface area (Å²) in [7, 11) is 0. The van der Waals surface area contributed by atoms with Gasteiger partial charge in [0.15, 0.2) is 0 Å². The van der Waals surface area contributed by atoms with Gasteiger partial charge in [0, 0.05) is 0 Å². The van der Waals surface area contributed by atoms with Crippen LogP contribution in [0.5, 0.6) is 0 Å². The highest BCUT2D eigenvalue weighted by Crippen LogP contribution is 2.35. The van der Waals surface area contributed by atoms with Crippen molar-refractivity contribution in [3.63, 3.8) is 0 Å². The molecule has 1 rings (SSSR count). The fourth-order valence-corrected chi connectivity index (χ4v) is 1.87. The van der Waals surface area contributed by atoms with Gasteiger partial charge in [0.25, 0.3) is 0 Å². The number of hydrogen-bond donors (Lipinski definition) is 1. The number of carboxylic acids is 1. The van der Waals surface area contributed by atoms with Gasteiger partial charge >= 0.3 is 5.97 Å². The summed E-state index contributed by atoms with van der Waals surface area (Å²) >= 11 is 1.46. The Hall–Kier alpha value is -0.710. The van der Waals surface area contributed by atoms with Crippen LogP contribution in [0.1, 0.15) is 12.8 Å². The number of hydrogen-bond acceptors (Lipinski definition) is 3. The number of carbonyl (C=O) groups is 2. The van der Waals surface area contributed by atoms with E-state index in [2.05, 4.69) is 0 Å². The second-order valence-corrected chi connectivity index (χ2v) is 3.99. The molecule has 5 heteroatoms. The molecule has 1 unspecified atom stereocenters. The molecule has 0 heterocycles. The Balaban J connectivity index is 2.59. The van der Waals surface area contributed by atoms with Gasteiger partial charge in [-0.2, -0.15) is 0 Å². The summed E-state index contributed by atoms with van der Waals surface area (Å²) in [5.74, 6) is -0.254. The lowest BCUT2D eigenvalue weighted by Gasteiger charge is -2.23. The van der Waals surface area contributed by atoms with Crippen molar-refractivity contribution in [2.75, 3.05) is 12.1 Å². The van der Waals surface area contributed by atoms with Gasteiger partial charge in [-0.15, -0.1) is 11.8 Å². The fraction of sp³-hybridized carbons (Fsp3) is 0.750. The smallest absolute Gasteiger partial charge is 0.326 e. The van der Waals surface area contributed by atoms with Crippen LogP contribution < -0.4 is 0 Å². The quantitative estimate of drug-likeness (QED) is 0.508. The summed E-state index contributed by atoms with van der Waals surface area (Å²) in [6.07, 6.45) is 4.33. The van der Waals surface area contributed by atoms with Crippen molar-refractivity contribution in [3.8, 4) is 0 Å². The van der Waals surface area contributed by atoms with E-state index in [-0.39, 0.29) is 5.92 Å². The van der Waals surface area contributed by atoms with Crippen molar-refractivity contribution in [1.29, 1.82) is 0 Å². The Kier molecular flexibility index (Phi) is 3.59. The van der Waals surface area contributed by atoms with E-state index in [0.717, 1.165) is 12.8 Å². The molecule has 1 saturated carbocycles. The highest BCUT2D eigenvalue weighted by Gasteiger charge is 2.39. The van der Waals surface area contributed by atoms with E-state index in [4.69, 9.17) is 5.11 Å². The SMILES string of the molecule is CSCN(C=O)C(C(=O)O)C1CC1. The Morgan fingerprint density at radius 1 is 1.77 bits per heavy atom. The predicted molar refractivity (Wildman–Crippen MR) is 50.4 cm³/mol. The van der Waals surface area contributed by atoms with Gasteiger partial charge in [-0.1, -0.05) is 0 Å². The number of aliphatic carboxylic acids is 1. The lowest BCUT2D eigenvalue weighted by atomic mass is 10.2. The third-order valence-electron chi connectivity index (χ3n) is 2.09. The van der Waals surface area contributed by atoms with Gasteiger partial charge in [0.2, 0.25) is 6.41 Å². The van der Waals surface area contributed by atoms with Gasteiger partial charge in [-0.05, 0) is 25.0 Å². The van der Waals surface area contributed by atoms with Crippen LogP contribution in [0, 0.1) is 5.92 Å². The molecule has 74 valence electrons. The largest absolute Gasteiger partial charge is 0.480 e. The summed E-state index contributed by atoms with van der Waals surface area (Å²) in [5.41, 5.74) is 0. The third-order valence-corrected chi connectivity index (χ3v) is 2.65. The normalized spacial score (nSPS) is 17.9. The van der Waals surface area contributed by atoms with E-state index < -0.39 is 12.0 Å². The van der Waals surface area contributed by atoms with Crippen molar-refractivity contribution in [2.45, 2.75) is 18.9 Å². The first-order valence-electron chi connectivity index (χ1n) is 4.13. The second kappa shape index (κ2) is 4.50. The van der Waals surface area contributed by atoms with Gasteiger partial charge in [0.05, 0.1) is 5.88 Å². The number of amides is 1. The van der Waals surface area contributed by atoms with Crippen LogP contribution in [-0.2, 0) is 9.59 Å². The Morgan fingerprint density at radius 2 is 2.38 bits per heavy atom. The molecule has 1 atom stereocenters. The lowest BCUT2D eigenvalue weighted by molar-refractivity contribution is -0.146. The van der Waals surface area contributed by atoms with Crippen LogP contribution >= 0.6 is 11.8 Å². The minimum Gasteiger partial charge on any atom is -0.480 e. The van der Waals surface area contributed by atoms with E-state index in [1.54, 1.807) is 0 Å². The van der Waals surface area contributed by atoms with Crippen LogP contribution in [0.4, 0.5) is 0 Å².